The fourth-order valence-electron chi connectivity index (χ4n) is 3.76. The molecule has 2 heterocycles. The third kappa shape index (κ3) is 5.73. The Kier molecular flexibility index (Phi) is 7.35. The molecule has 0 aliphatic carbocycles. The van der Waals surface area contributed by atoms with Gasteiger partial charge < -0.3 is 15.0 Å². The fourth-order valence-corrected chi connectivity index (χ4v) is 4.59. The van der Waals surface area contributed by atoms with Crippen LogP contribution in [0.3, 0.4) is 0 Å². The van der Waals surface area contributed by atoms with E-state index in [0.29, 0.717) is 0 Å². The topological polar surface area (TPSA) is 53.6 Å². The molecule has 0 bridgehead atoms. The number of rotatable bonds is 8. The second-order valence-electron chi connectivity index (χ2n) is 7.62. The SMILES string of the molecule is CCc1ccc([C@@H](NCC(=O)Nc2ccc(N3CCOCC3)cc2)c2cccs2)cc1. The van der Waals surface area contributed by atoms with Crippen LogP contribution in [0.1, 0.15) is 29.0 Å². The van der Waals surface area contributed by atoms with E-state index in [1.54, 1.807) is 11.3 Å². The average Bonchev–Trinajstić information content (AvgIpc) is 3.35. The van der Waals surface area contributed by atoms with Crippen molar-refractivity contribution in [1.82, 2.24) is 5.32 Å². The van der Waals surface area contributed by atoms with Gasteiger partial charge in [-0.25, -0.2) is 0 Å². The third-order valence-electron chi connectivity index (χ3n) is 5.54. The number of ether oxygens (including phenoxy) is 1. The highest BCUT2D eigenvalue weighted by Crippen LogP contribution is 2.26. The number of nitrogens with one attached hydrogen (secondary N) is 2. The van der Waals surface area contributed by atoms with Gasteiger partial charge in [0.25, 0.3) is 0 Å². The molecular weight excluding hydrogens is 406 g/mol. The Labute approximate surface area is 188 Å². The second-order valence-corrected chi connectivity index (χ2v) is 8.60. The summed E-state index contributed by atoms with van der Waals surface area (Å²) in [6.45, 7) is 5.72. The molecule has 2 N–H and O–H groups in total. The van der Waals surface area contributed by atoms with Gasteiger partial charge in [0.1, 0.15) is 0 Å². The predicted octanol–water partition coefficient (Wildman–Crippen LogP) is 4.46. The molecule has 4 rings (SSSR count). The number of benzene rings is 2. The van der Waals surface area contributed by atoms with E-state index in [-0.39, 0.29) is 18.5 Å². The Balaban J connectivity index is 1.36. The molecule has 1 fully saturated rings. The second kappa shape index (κ2) is 10.6. The third-order valence-corrected chi connectivity index (χ3v) is 6.48. The first kappa shape index (κ1) is 21.6. The van der Waals surface area contributed by atoms with Crippen LogP contribution in [0.2, 0.25) is 0 Å². The van der Waals surface area contributed by atoms with Crippen LogP contribution in [0, 0.1) is 0 Å². The fraction of sp³-hybridized carbons (Fsp3) is 0.320. The molecule has 6 heteroatoms. The first-order valence-electron chi connectivity index (χ1n) is 10.8. The van der Waals surface area contributed by atoms with Gasteiger partial charge in [-0.15, -0.1) is 11.3 Å². The van der Waals surface area contributed by atoms with Crippen molar-refractivity contribution in [3.05, 3.63) is 82.0 Å². The zero-order valence-corrected chi connectivity index (χ0v) is 18.7. The Morgan fingerprint density at radius 1 is 1.06 bits per heavy atom. The number of nitrogens with zero attached hydrogens (tertiary/aromatic N) is 1. The van der Waals surface area contributed by atoms with Crippen molar-refractivity contribution in [2.24, 2.45) is 0 Å². The van der Waals surface area contributed by atoms with Crippen molar-refractivity contribution in [3.63, 3.8) is 0 Å². The highest BCUT2D eigenvalue weighted by atomic mass is 32.1. The summed E-state index contributed by atoms with van der Waals surface area (Å²) in [5, 5.41) is 8.51. The van der Waals surface area contributed by atoms with Crippen LogP contribution in [-0.4, -0.2) is 38.8 Å². The highest BCUT2D eigenvalue weighted by Gasteiger charge is 2.16. The van der Waals surface area contributed by atoms with Gasteiger partial charge >= 0.3 is 0 Å². The number of aryl methyl sites for hydroxylation is 1. The Morgan fingerprint density at radius 2 is 1.81 bits per heavy atom. The molecule has 0 saturated carbocycles. The normalized spacial score (nSPS) is 14.9. The lowest BCUT2D eigenvalue weighted by molar-refractivity contribution is -0.115. The number of carbonyl (C=O) groups excluding carboxylic acids is 1. The number of carbonyl (C=O) groups is 1. The number of thiophene rings is 1. The molecule has 0 unspecified atom stereocenters. The molecule has 162 valence electrons. The van der Waals surface area contributed by atoms with Gasteiger partial charge in [0.05, 0.1) is 25.8 Å². The van der Waals surface area contributed by atoms with Crippen LogP contribution < -0.4 is 15.5 Å². The standard InChI is InChI=1S/C25H29N3O2S/c1-2-19-5-7-20(8-6-19)25(23-4-3-17-31-23)26-18-24(29)27-21-9-11-22(12-10-21)28-13-15-30-16-14-28/h3-12,17,25-26H,2,13-16,18H2,1H3,(H,27,29)/t25-/m1/s1. The minimum absolute atomic E-state index is 0.000326. The molecule has 1 atom stereocenters. The molecule has 1 amide bonds. The van der Waals surface area contributed by atoms with E-state index in [4.69, 9.17) is 4.74 Å². The summed E-state index contributed by atoms with van der Waals surface area (Å²) in [5.74, 6) is -0.0501. The summed E-state index contributed by atoms with van der Waals surface area (Å²) in [6, 6.07) is 20.8. The minimum Gasteiger partial charge on any atom is -0.378 e. The summed E-state index contributed by atoms with van der Waals surface area (Å²) >= 11 is 1.70. The highest BCUT2D eigenvalue weighted by molar-refractivity contribution is 7.10. The van der Waals surface area contributed by atoms with E-state index in [1.165, 1.54) is 16.0 Å². The Hall–Kier alpha value is -2.67. The van der Waals surface area contributed by atoms with Crippen LogP contribution in [-0.2, 0) is 16.0 Å². The average molecular weight is 436 g/mol. The van der Waals surface area contributed by atoms with Gasteiger partial charge in [0.15, 0.2) is 0 Å². The summed E-state index contributed by atoms with van der Waals surface area (Å²) < 4.78 is 5.41. The maximum absolute atomic E-state index is 12.6. The van der Waals surface area contributed by atoms with Gasteiger partial charge in [0, 0.05) is 29.3 Å². The molecule has 1 aliphatic rings. The van der Waals surface area contributed by atoms with Crippen LogP contribution in [0.5, 0.6) is 0 Å². The van der Waals surface area contributed by atoms with E-state index in [9.17, 15) is 4.79 Å². The zero-order valence-electron chi connectivity index (χ0n) is 17.8. The van der Waals surface area contributed by atoms with Crippen LogP contribution in [0.4, 0.5) is 11.4 Å². The van der Waals surface area contributed by atoms with Gasteiger partial charge in [-0.2, -0.15) is 0 Å². The Morgan fingerprint density at radius 3 is 2.45 bits per heavy atom. The molecule has 1 aliphatic heterocycles. The largest absolute Gasteiger partial charge is 0.378 e. The molecule has 2 aromatic carbocycles. The molecule has 5 nitrogen and oxygen atoms in total. The van der Waals surface area contributed by atoms with Crippen molar-refractivity contribution in [2.75, 3.05) is 43.1 Å². The van der Waals surface area contributed by atoms with Crippen molar-refractivity contribution in [3.8, 4) is 0 Å². The van der Waals surface area contributed by atoms with E-state index in [1.807, 2.05) is 18.2 Å². The number of anilines is 2. The van der Waals surface area contributed by atoms with Crippen LogP contribution >= 0.6 is 11.3 Å². The summed E-state index contributed by atoms with van der Waals surface area (Å²) in [4.78, 5) is 16.1. The molecular formula is C25H29N3O2S. The van der Waals surface area contributed by atoms with Gasteiger partial charge in [-0.1, -0.05) is 37.3 Å². The zero-order chi connectivity index (χ0) is 21.5. The van der Waals surface area contributed by atoms with E-state index >= 15 is 0 Å². The van der Waals surface area contributed by atoms with Crippen molar-refractivity contribution >= 4 is 28.6 Å². The lowest BCUT2D eigenvalue weighted by Crippen LogP contribution is -2.36. The monoisotopic (exact) mass is 435 g/mol. The lowest BCUT2D eigenvalue weighted by Gasteiger charge is -2.28. The quantitative estimate of drug-likeness (QED) is 0.548. The van der Waals surface area contributed by atoms with Crippen LogP contribution in [0.15, 0.2) is 66.0 Å². The Bertz CT molecular complexity index is 949. The molecule has 0 radical (unpaired) electrons. The van der Waals surface area contributed by atoms with E-state index < -0.39 is 0 Å². The first-order valence-corrected chi connectivity index (χ1v) is 11.7. The molecule has 1 aromatic heterocycles. The summed E-state index contributed by atoms with van der Waals surface area (Å²) in [5.41, 5.74) is 4.45. The van der Waals surface area contributed by atoms with Gasteiger partial charge in [0.2, 0.25) is 5.91 Å². The van der Waals surface area contributed by atoms with E-state index in [0.717, 1.165) is 44.1 Å². The van der Waals surface area contributed by atoms with Crippen molar-refractivity contribution in [1.29, 1.82) is 0 Å². The number of hydrogen-bond donors (Lipinski definition) is 2. The first-order chi connectivity index (χ1) is 15.2. The summed E-state index contributed by atoms with van der Waals surface area (Å²) in [7, 11) is 0. The van der Waals surface area contributed by atoms with Crippen LogP contribution in [0.25, 0.3) is 0 Å². The number of amides is 1. The molecule has 0 spiro atoms. The molecule has 31 heavy (non-hydrogen) atoms. The van der Waals surface area contributed by atoms with Crippen molar-refractivity contribution in [2.45, 2.75) is 19.4 Å². The van der Waals surface area contributed by atoms with Gasteiger partial charge in [-0.3, -0.25) is 10.1 Å². The predicted molar refractivity (Wildman–Crippen MR) is 128 cm³/mol. The van der Waals surface area contributed by atoms with Gasteiger partial charge in [-0.05, 0) is 53.3 Å². The minimum atomic E-state index is -0.0501. The summed E-state index contributed by atoms with van der Waals surface area (Å²) in [6.07, 6.45) is 1.02. The van der Waals surface area contributed by atoms with Crippen molar-refractivity contribution < 1.29 is 9.53 Å². The maximum atomic E-state index is 12.6. The lowest BCUT2D eigenvalue weighted by atomic mass is 10.0. The number of hydrogen-bond acceptors (Lipinski definition) is 5. The molecule has 1 saturated heterocycles. The molecule has 3 aromatic rings. The smallest absolute Gasteiger partial charge is 0.238 e. The van der Waals surface area contributed by atoms with E-state index in [2.05, 4.69) is 70.3 Å². The maximum Gasteiger partial charge on any atom is 0.238 e. The number of morpholine rings is 1.